The van der Waals surface area contributed by atoms with Gasteiger partial charge in [-0.1, -0.05) is 23.7 Å². The highest BCUT2D eigenvalue weighted by Gasteiger charge is 2.15. The van der Waals surface area contributed by atoms with Crippen molar-refractivity contribution in [1.29, 1.82) is 0 Å². The summed E-state index contributed by atoms with van der Waals surface area (Å²) in [6, 6.07) is 12.0. The Morgan fingerprint density at radius 2 is 1.93 bits per heavy atom. The number of halogens is 1. The number of hydrogen-bond donors (Lipinski definition) is 2. The van der Waals surface area contributed by atoms with E-state index in [2.05, 4.69) is 50.4 Å². The van der Waals surface area contributed by atoms with Crippen LogP contribution in [0.2, 0.25) is 5.02 Å². The molecule has 28 heavy (non-hydrogen) atoms. The zero-order valence-corrected chi connectivity index (χ0v) is 17.4. The molecule has 1 fully saturated rings. The fourth-order valence-electron chi connectivity index (χ4n) is 3.11. The predicted octanol–water partition coefficient (Wildman–Crippen LogP) is 2.74. The molecule has 6 nitrogen and oxygen atoms in total. The van der Waals surface area contributed by atoms with E-state index in [-0.39, 0.29) is 0 Å². The van der Waals surface area contributed by atoms with Gasteiger partial charge in [-0.25, -0.2) is 9.98 Å². The summed E-state index contributed by atoms with van der Waals surface area (Å²) in [5.74, 6) is 1.84. The minimum absolute atomic E-state index is 0.582. The molecule has 0 radical (unpaired) electrons. The van der Waals surface area contributed by atoms with Crippen LogP contribution in [0.5, 0.6) is 0 Å². The molecule has 1 aliphatic rings. The SMILES string of the molecule is CCNC(=NCc1cccc(Cl)c1)NCc1ccnc(N2CCN(C)CC2)c1. The van der Waals surface area contributed by atoms with Gasteiger partial charge in [0.15, 0.2) is 5.96 Å². The Kier molecular flexibility index (Phi) is 7.51. The molecule has 0 spiro atoms. The third kappa shape index (κ3) is 6.11. The fraction of sp³-hybridized carbons (Fsp3) is 0.429. The number of pyridine rings is 1. The van der Waals surface area contributed by atoms with Gasteiger partial charge in [0.05, 0.1) is 6.54 Å². The number of rotatable bonds is 6. The van der Waals surface area contributed by atoms with Gasteiger partial charge >= 0.3 is 0 Å². The number of piperazine rings is 1. The van der Waals surface area contributed by atoms with Crippen molar-refractivity contribution in [2.45, 2.75) is 20.0 Å². The van der Waals surface area contributed by atoms with Gasteiger partial charge in [-0.3, -0.25) is 0 Å². The normalized spacial score (nSPS) is 15.5. The Balaban J connectivity index is 1.60. The van der Waals surface area contributed by atoms with Crippen molar-refractivity contribution in [3.05, 3.63) is 58.7 Å². The van der Waals surface area contributed by atoms with Crippen LogP contribution >= 0.6 is 11.6 Å². The maximum Gasteiger partial charge on any atom is 0.191 e. The first-order chi connectivity index (χ1) is 13.6. The zero-order chi connectivity index (χ0) is 19.8. The molecule has 0 amide bonds. The van der Waals surface area contributed by atoms with Crippen LogP contribution in [0.15, 0.2) is 47.6 Å². The van der Waals surface area contributed by atoms with Gasteiger partial charge in [0.1, 0.15) is 5.82 Å². The lowest BCUT2D eigenvalue weighted by molar-refractivity contribution is 0.312. The number of guanidine groups is 1. The molecule has 2 aromatic rings. The monoisotopic (exact) mass is 400 g/mol. The molecule has 1 aromatic heterocycles. The summed E-state index contributed by atoms with van der Waals surface area (Å²) in [4.78, 5) is 13.9. The number of likely N-dealkylation sites (N-methyl/N-ethyl adjacent to an activating group) is 1. The smallest absolute Gasteiger partial charge is 0.191 e. The topological polar surface area (TPSA) is 55.8 Å². The Morgan fingerprint density at radius 3 is 2.68 bits per heavy atom. The van der Waals surface area contributed by atoms with E-state index in [1.165, 1.54) is 5.56 Å². The first-order valence-corrected chi connectivity index (χ1v) is 10.2. The molecule has 0 saturated carbocycles. The second kappa shape index (κ2) is 10.3. The summed E-state index contributed by atoms with van der Waals surface area (Å²) in [6.07, 6.45) is 1.89. The molecule has 0 unspecified atom stereocenters. The minimum atomic E-state index is 0.582. The van der Waals surface area contributed by atoms with Crippen molar-refractivity contribution in [3.8, 4) is 0 Å². The van der Waals surface area contributed by atoms with E-state index in [1.807, 2.05) is 36.5 Å². The summed E-state index contributed by atoms with van der Waals surface area (Å²) < 4.78 is 0. The summed E-state index contributed by atoms with van der Waals surface area (Å²) in [6.45, 7) is 8.34. The first kappa shape index (κ1) is 20.4. The maximum atomic E-state index is 6.06. The highest BCUT2D eigenvalue weighted by molar-refractivity contribution is 6.30. The number of nitrogens with zero attached hydrogens (tertiary/aromatic N) is 4. The summed E-state index contributed by atoms with van der Waals surface area (Å²) in [5.41, 5.74) is 2.28. The quantitative estimate of drug-likeness (QED) is 0.576. The van der Waals surface area contributed by atoms with Crippen molar-refractivity contribution >= 4 is 23.4 Å². The second-order valence-electron chi connectivity index (χ2n) is 6.99. The van der Waals surface area contributed by atoms with Crippen LogP contribution in [-0.2, 0) is 13.1 Å². The Bertz CT molecular complexity index is 786. The average molecular weight is 401 g/mol. The van der Waals surface area contributed by atoms with Crippen LogP contribution < -0.4 is 15.5 Å². The molecule has 1 aromatic carbocycles. The van der Waals surface area contributed by atoms with Crippen molar-refractivity contribution < 1.29 is 0 Å². The summed E-state index contributed by atoms with van der Waals surface area (Å²) >= 11 is 6.06. The maximum absolute atomic E-state index is 6.06. The zero-order valence-electron chi connectivity index (χ0n) is 16.7. The number of nitrogens with one attached hydrogen (secondary N) is 2. The lowest BCUT2D eigenvalue weighted by Crippen LogP contribution is -2.44. The molecule has 0 aliphatic carbocycles. The van der Waals surface area contributed by atoms with Crippen LogP contribution in [0, 0.1) is 0 Å². The third-order valence-corrected chi connectivity index (χ3v) is 4.99. The van der Waals surface area contributed by atoms with E-state index in [0.717, 1.165) is 55.1 Å². The van der Waals surface area contributed by atoms with E-state index in [9.17, 15) is 0 Å². The average Bonchev–Trinajstić information content (AvgIpc) is 2.71. The number of benzene rings is 1. The molecule has 1 aliphatic heterocycles. The van der Waals surface area contributed by atoms with Crippen LogP contribution in [0.25, 0.3) is 0 Å². The van der Waals surface area contributed by atoms with Crippen molar-refractivity contribution in [3.63, 3.8) is 0 Å². The van der Waals surface area contributed by atoms with Crippen LogP contribution in [0.3, 0.4) is 0 Å². The van der Waals surface area contributed by atoms with Gasteiger partial charge in [-0.2, -0.15) is 0 Å². The molecule has 3 rings (SSSR count). The van der Waals surface area contributed by atoms with Gasteiger partial charge in [-0.05, 0) is 49.4 Å². The molecule has 2 heterocycles. The Hall–Kier alpha value is -2.31. The van der Waals surface area contributed by atoms with Crippen molar-refractivity contribution in [1.82, 2.24) is 20.5 Å². The molecule has 2 N–H and O–H groups in total. The van der Waals surface area contributed by atoms with E-state index < -0.39 is 0 Å². The Labute approximate surface area is 172 Å². The lowest BCUT2D eigenvalue weighted by Gasteiger charge is -2.33. The van der Waals surface area contributed by atoms with E-state index in [4.69, 9.17) is 11.6 Å². The largest absolute Gasteiger partial charge is 0.357 e. The first-order valence-electron chi connectivity index (χ1n) is 9.79. The molecular weight excluding hydrogens is 372 g/mol. The molecular formula is C21H29ClN6. The van der Waals surface area contributed by atoms with Crippen LogP contribution in [0.1, 0.15) is 18.1 Å². The number of aliphatic imine (C=N–C) groups is 1. The molecule has 1 saturated heterocycles. The van der Waals surface area contributed by atoms with Crippen LogP contribution in [-0.4, -0.2) is 55.6 Å². The van der Waals surface area contributed by atoms with E-state index >= 15 is 0 Å². The predicted molar refractivity (Wildman–Crippen MR) is 117 cm³/mol. The highest BCUT2D eigenvalue weighted by Crippen LogP contribution is 2.15. The fourth-order valence-corrected chi connectivity index (χ4v) is 3.33. The van der Waals surface area contributed by atoms with Crippen LogP contribution in [0.4, 0.5) is 5.82 Å². The molecule has 7 heteroatoms. The highest BCUT2D eigenvalue weighted by atomic mass is 35.5. The Morgan fingerprint density at radius 1 is 1.11 bits per heavy atom. The molecule has 0 atom stereocenters. The van der Waals surface area contributed by atoms with Gasteiger partial charge in [0, 0.05) is 50.5 Å². The standard InChI is InChI=1S/C21H29ClN6/c1-3-23-21(25-15-17-5-4-6-19(22)13-17)26-16-18-7-8-24-20(14-18)28-11-9-27(2)10-12-28/h4-8,13-14H,3,9-12,15-16H2,1-2H3,(H2,23,25,26). The van der Waals surface area contributed by atoms with Gasteiger partial charge in [0.2, 0.25) is 0 Å². The van der Waals surface area contributed by atoms with Gasteiger partial charge in [0.25, 0.3) is 0 Å². The summed E-state index contributed by atoms with van der Waals surface area (Å²) in [5, 5.41) is 7.44. The molecule has 0 bridgehead atoms. The molecule has 150 valence electrons. The third-order valence-electron chi connectivity index (χ3n) is 4.75. The van der Waals surface area contributed by atoms with E-state index in [0.29, 0.717) is 13.1 Å². The van der Waals surface area contributed by atoms with Crippen molar-refractivity contribution in [2.24, 2.45) is 4.99 Å². The summed E-state index contributed by atoms with van der Waals surface area (Å²) in [7, 11) is 2.16. The number of hydrogen-bond acceptors (Lipinski definition) is 4. The van der Waals surface area contributed by atoms with Gasteiger partial charge in [-0.15, -0.1) is 0 Å². The van der Waals surface area contributed by atoms with Crippen molar-refractivity contribution in [2.75, 3.05) is 44.7 Å². The minimum Gasteiger partial charge on any atom is -0.357 e. The number of anilines is 1. The van der Waals surface area contributed by atoms with Gasteiger partial charge < -0.3 is 20.4 Å². The second-order valence-corrected chi connectivity index (χ2v) is 7.43. The lowest BCUT2D eigenvalue weighted by atomic mass is 10.2. The number of aromatic nitrogens is 1. The van der Waals surface area contributed by atoms with E-state index in [1.54, 1.807) is 0 Å².